The molecule has 0 heterocycles. The lowest BCUT2D eigenvalue weighted by atomic mass is 10.00. The maximum atomic E-state index is 12.2. The highest BCUT2D eigenvalue weighted by Gasteiger charge is 2.28. The Labute approximate surface area is 99.4 Å². The first-order chi connectivity index (χ1) is 7.34. The molecule has 0 aliphatic rings. The number of carbonyl (C=O) groups is 1. The van der Waals surface area contributed by atoms with E-state index in [2.05, 4.69) is 6.07 Å². The van der Waals surface area contributed by atoms with Crippen molar-refractivity contribution in [2.75, 3.05) is 6.54 Å². The summed E-state index contributed by atoms with van der Waals surface area (Å²) in [5, 5.41) is 8.52. The molecule has 92 valence electrons. The Bertz CT molecular complexity index is 260. The van der Waals surface area contributed by atoms with Crippen LogP contribution in [0.2, 0.25) is 0 Å². The van der Waals surface area contributed by atoms with Gasteiger partial charge in [-0.25, -0.2) is 0 Å². The number of amides is 1. The second kappa shape index (κ2) is 6.52. The van der Waals surface area contributed by atoms with Crippen LogP contribution in [0.4, 0.5) is 0 Å². The van der Waals surface area contributed by atoms with Crippen molar-refractivity contribution in [2.45, 2.75) is 59.4 Å². The van der Waals surface area contributed by atoms with Crippen LogP contribution in [0.25, 0.3) is 0 Å². The van der Waals surface area contributed by atoms with Gasteiger partial charge in [0, 0.05) is 24.4 Å². The first kappa shape index (κ1) is 15.0. The van der Waals surface area contributed by atoms with Crippen molar-refractivity contribution in [3.05, 3.63) is 0 Å². The van der Waals surface area contributed by atoms with Crippen molar-refractivity contribution in [3.63, 3.8) is 0 Å². The molecule has 0 spiro atoms. The van der Waals surface area contributed by atoms with E-state index >= 15 is 0 Å². The minimum absolute atomic E-state index is 0.0707. The second-order valence-corrected chi connectivity index (χ2v) is 5.23. The molecular weight excluding hydrogens is 200 g/mol. The molecule has 3 nitrogen and oxygen atoms in total. The van der Waals surface area contributed by atoms with Gasteiger partial charge in [0.2, 0.25) is 5.91 Å². The van der Waals surface area contributed by atoms with Crippen LogP contribution in [0.1, 0.15) is 53.9 Å². The number of nitrogens with zero attached hydrogens (tertiary/aromatic N) is 2. The van der Waals surface area contributed by atoms with Crippen LogP contribution < -0.4 is 0 Å². The standard InChI is InChI=1S/C13H24N2O/c1-6-11(2)12(16)15(13(3,4)5)10-8-7-9-14/h11H,6-8,10H2,1-5H3. The van der Waals surface area contributed by atoms with E-state index < -0.39 is 0 Å². The molecule has 0 aromatic rings. The van der Waals surface area contributed by atoms with Crippen molar-refractivity contribution in [2.24, 2.45) is 5.92 Å². The van der Waals surface area contributed by atoms with E-state index in [0.717, 1.165) is 12.8 Å². The van der Waals surface area contributed by atoms with E-state index in [1.165, 1.54) is 0 Å². The smallest absolute Gasteiger partial charge is 0.225 e. The fourth-order valence-electron chi connectivity index (χ4n) is 1.53. The van der Waals surface area contributed by atoms with Crippen molar-refractivity contribution in [1.29, 1.82) is 5.26 Å². The summed E-state index contributed by atoms with van der Waals surface area (Å²) < 4.78 is 0. The number of nitriles is 1. The van der Waals surface area contributed by atoms with Crippen molar-refractivity contribution in [1.82, 2.24) is 4.90 Å². The molecule has 1 unspecified atom stereocenters. The molecule has 16 heavy (non-hydrogen) atoms. The molecular formula is C13H24N2O. The highest BCUT2D eigenvalue weighted by Crippen LogP contribution is 2.18. The molecule has 0 fully saturated rings. The second-order valence-electron chi connectivity index (χ2n) is 5.23. The third-order valence-electron chi connectivity index (χ3n) is 2.78. The summed E-state index contributed by atoms with van der Waals surface area (Å²) in [7, 11) is 0. The summed E-state index contributed by atoms with van der Waals surface area (Å²) in [5.41, 5.74) is -0.157. The van der Waals surface area contributed by atoms with Crippen LogP contribution in [0.15, 0.2) is 0 Å². The highest BCUT2D eigenvalue weighted by molar-refractivity contribution is 5.79. The molecule has 0 aliphatic carbocycles. The molecule has 0 aromatic carbocycles. The zero-order valence-electron chi connectivity index (χ0n) is 11.2. The van der Waals surface area contributed by atoms with E-state index in [0.29, 0.717) is 13.0 Å². The lowest BCUT2D eigenvalue weighted by Crippen LogP contribution is -2.48. The number of unbranched alkanes of at least 4 members (excludes halogenated alkanes) is 1. The fraction of sp³-hybridized carbons (Fsp3) is 0.846. The fourth-order valence-corrected chi connectivity index (χ4v) is 1.53. The molecule has 0 saturated heterocycles. The average molecular weight is 224 g/mol. The summed E-state index contributed by atoms with van der Waals surface area (Å²) >= 11 is 0. The van der Waals surface area contributed by atoms with Gasteiger partial charge in [-0.3, -0.25) is 4.79 Å². The Balaban J connectivity index is 4.56. The zero-order valence-corrected chi connectivity index (χ0v) is 11.2. The van der Waals surface area contributed by atoms with Gasteiger partial charge in [-0.2, -0.15) is 5.26 Å². The quantitative estimate of drug-likeness (QED) is 0.674. The van der Waals surface area contributed by atoms with Crippen LogP contribution in [-0.4, -0.2) is 22.9 Å². The summed E-state index contributed by atoms with van der Waals surface area (Å²) in [5.74, 6) is 0.272. The summed E-state index contributed by atoms with van der Waals surface area (Å²) in [6.45, 7) is 10.8. The predicted molar refractivity (Wildman–Crippen MR) is 65.8 cm³/mol. The van der Waals surface area contributed by atoms with E-state index in [9.17, 15) is 4.79 Å². The first-order valence-corrected chi connectivity index (χ1v) is 6.03. The Kier molecular flexibility index (Phi) is 6.10. The van der Waals surface area contributed by atoms with E-state index in [4.69, 9.17) is 5.26 Å². The maximum absolute atomic E-state index is 12.2. The monoisotopic (exact) mass is 224 g/mol. The predicted octanol–water partition coefficient (Wildman–Crippen LogP) is 2.96. The van der Waals surface area contributed by atoms with Gasteiger partial charge in [0.25, 0.3) is 0 Å². The summed E-state index contributed by atoms with van der Waals surface area (Å²) in [6.07, 6.45) is 2.14. The third-order valence-corrected chi connectivity index (χ3v) is 2.78. The lowest BCUT2D eigenvalue weighted by molar-refractivity contribution is -0.140. The Hall–Kier alpha value is -1.04. The van der Waals surface area contributed by atoms with E-state index in [1.807, 2.05) is 39.5 Å². The molecule has 0 rings (SSSR count). The van der Waals surface area contributed by atoms with Crippen molar-refractivity contribution < 1.29 is 4.79 Å². The number of rotatable bonds is 5. The number of hydrogen-bond donors (Lipinski definition) is 0. The Morgan fingerprint density at radius 2 is 2.00 bits per heavy atom. The molecule has 0 radical (unpaired) electrons. The molecule has 0 aromatic heterocycles. The maximum Gasteiger partial charge on any atom is 0.225 e. The molecule has 0 aliphatic heterocycles. The summed E-state index contributed by atoms with van der Waals surface area (Å²) in [6, 6.07) is 2.12. The van der Waals surface area contributed by atoms with Crippen LogP contribution in [-0.2, 0) is 4.79 Å². The lowest BCUT2D eigenvalue weighted by Gasteiger charge is -2.37. The average Bonchev–Trinajstić information content (AvgIpc) is 2.20. The van der Waals surface area contributed by atoms with Crippen LogP contribution in [0.5, 0.6) is 0 Å². The molecule has 3 heteroatoms. The third kappa shape index (κ3) is 4.65. The van der Waals surface area contributed by atoms with Crippen LogP contribution >= 0.6 is 0 Å². The zero-order chi connectivity index (χ0) is 12.8. The van der Waals surface area contributed by atoms with Gasteiger partial charge in [-0.15, -0.1) is 0 Å². The topological polar surface area (TPSA) is 44.1 Å². The normalized spacial score (nSPS) is 13.0. The number of carbonyl (C=O) groups excluding carboxylic acids is 1. The highest BCUT2D eigenvalue weighted by atomic mass is 16.2. The van der Waals surface area contributed by atoms with Gasteiger partial charge in [0.15, 0.2) is 0 Å². The van der Waals surface area contributed by atoms with Crippen LogP contribution in [0.3, 0.4) is 0 Å². The van der Waals surface area contributed by atoms with E-state index in [1.54, 1.807) is 0 Å². The van der Waals surface area contributed by atoms with Gasteiger partial charge in [-0.05, 0) is 33.6 Å². The molecule has 0 N–H and O–H groups in total. The van der Waals surface area contributed by atoms with Gasteiger partial charge in [0.1, 0.15) is 0 Å². The minimum Gasteiger partial charge on any atom is -0.338 e. The molecule has 0 saturated carbocycles. The van der Waals surface area contributed by atoms with Crippen LogP contribution in [0, 0.1) is 17.2 Å². The van der Waals surface area contributed by atoms with E-state index in [-0.39, 0.29) is 17.4 Å². The molecule has 0 bridgehead atoms. The van der Waals surface area contributed by atoms with Gasteiger partial charge < -0.3 is 4.90 Å². The van der Waals surface area contributed by atoms with Gasteiger partial charge >= 0.3 is 0 Å². The van der Waals surface area contributed by atoms with Crippen molar-refractivity contribution in [3.8, 4) is 6.07 Å². The largest absolute Gasteiger partial charge is 0.338 e. The minimum atomic E-state index is -0.157. The SMILES string of the molecule is CCC(C)C(=O)N(CCCC#N)C(C)(C)C. The summed E-state index contributed by atoms with van der Waals surface area (Å²) in [4.78, 5) is 14.1. The Morgan fingerprint density at radius 3 is 2.38 bits per heavy atom. The van der Waals surface area contributed by atoms with Gasteiger partial charge in [-0.1, -0.05) is 13.8 Å². The first-order valence-electron chi connectivity index (χ1n) is 6.03. The number of hydrogen-bond acceptors (Lipinski definition) is 2. The Morgan fingerprint density at radius 1 is 1.44 bits per heavy atom. The molecule has 1 amide bonds. The van der Waals surface area contributed by atoms with Gasteiger partial charge in [0.05, 0.1) is 6.07 Å². The molecule has 1 atom stereocenters. The van der Waals surface area contributed by atoms with Crippen molar-refractivity contribution >= 4 is 5.91 Å².